The molecule has 0 saturated carbocycles. The highest BCUT2D eigenvalue weighted by molar-refractivity contribution is 7.91. The quantitative estimate of drug-likeness (QED) is 0.707. The highest BCUT2D eigenvalue weighted by Crippen LogP contribution is 2.18. The standard InChI is InChI=1S/C18H27NO5S/c1-5-6-12-25(23,24)15-9-7-8-14(13-15)16(20)10-11-19(17(21)22)18(2,3)4/h7-9,13H,5-6,10-12H2,1-4H3,(H,21,22). The highest BCUT2D eigenvalue weighted by atomic mass is 32.2. The zero-order valence-electron chi connectivity index (χ0n) is 15.3. The zero-order valence-corrected chi connectivity index (χ0v) is 16.1. The predicted molar refractivity (Wildman–Crippen MR) is 96.8 cm³/mol. The Morgan fingerprint density at radius 3 is 2.36 bits per heavy atom. The SMILES string of the molecule is CCCCS(=O)(=O)c1cccc(C(=O)CCN(C(=O)O)C(C)(C)C)c1. The maximum atomic E-state index is 12.4. The molecule has 7 heteroatoms. The Kier molecular flexibility index (Phi) is 7.17. The molecule has 0 saturated heterocycles. The van der Waals surface area contributed by atoms with E-state index in [1.807, 2.05) is 6.92 Å². The van der Waals surface area contributed by atoms with Crippen LogP contribution in [0.1, 0.15) is 57.3 Å². The van der Waals surface area contributed by atoms with Crippen LogP contribution in [0.15, 0.2) is 29.2 Å². The number of carbonyl (C=O) groups excluding carboxylic acids is 1. The van der Waals surface area contributed by atoms with Crippen LogP contribution in [-0.4, -0.2) is 48.1 Å². The van der Waals surface area contributed by atoms with Crippen molar-refractivity contribution in [2.75, 3.05) is 12.3 Å². The Labute approximate surface area is 149 Å². The second-order valence-corrected chi connectivity index (χ2v) is 9.09. The van der Waals surface area contributed by atoms with Crippen LogP contribution >= 0.6 is 0 Å². The number of rotatable bonds is 8. The van der Waals surface area contributed by atoms with Crippen LogP contribution in [0.5, 0.6) is 0 Å². The van der Waals surface area contributed by atoms with E-state index in [-0.39, 0.29) is 35.0 Å². The van der Waals surface area contributed by atoms with Gasteiger partial charge >= 0.3 is 6.09 Å². The van der Waals surface area contributed by atoms with E-state index in [2.05, 4.69) is 0 Å². The third-order valence-corrected chi connectivity index (χ3v) is 5.68. The van der Waals surface area contributed by atoms with Gasteiger partial charge in [-0.15, -0.1) is 0 Å². The van der Waals surface area contributed by atoms with Gasteiger partial charge in [-0.25, -0.2) is 13.2 Å². The Hall–Kier alpha value is -1.89. The minimum absolute atomic E-state index is 0.00201. The average Bonchev–Trinajstić information content (AvgIpc) is 2.51. The Balaban J connectivity index is 2.90. The summed E-state index contributed by atoms with van der Waals surface area (Å²) in [5.74, 6) is -0.221. The molecule has 1 rings (SSSR count). The van der Waals surface area contributed by atoms with Crippen LogP contribution in [-0.2, 0) is 9.84 Å². The number of hydrogen-bond acceptors (Lipinski definition) is 4. The van der Waals surface area contributed by atoms with Gasteiger partial charge in [0.15, 0.2) is 15.6 Å². The van der Waals surface area contributed by atoms with Crippen molar-refractivity contribution in [2.24, 2.45) is 0 Å². The first-order valence-electron chi connectivity index (χ1n) is 8.35. The molecule has 0 fully saturated rings. The molecule has 1 amide bonds. The van der Waals surface area contributed by atoms with Crippen molar-refractivity contribution in [1.29, 1.82) is 0 Å². The van der Waals surface area contributed by atoms with Crippen molar-refractivity contribution >= 4 is 21.7 Å². The van der Waals surface area contributed by atoms with Crippen molar-refractivity contribution in [3.05, 3.63) is 29.8 Å². The number of benzene rings is 1. The third-order valence-electron chi connectivity index (χ3n) is 3.88. The first-order chi connectivity index (χ1) is 11.5. The van der Waals surface area contributed by atoms with Gasteiger partial charge in [-0.3, -0.25) is 4.79 Å². The molecule has 0 atom stereocenters. The molecule has 0 heterocycles. The number of amides is 1. The fourth-order valence-electron chi connectivity index (χ4n) is 2.39. The van der Waals surface area contributed by atoms with E-state index in [1.54, 1.807) is 32.9 Å². The molecule has 0 bridgehead atoms. The average molecular weight is 369 g/mol. The van der Waals surface area contributed by atoms with Crippen LogP contribution in [0.2, 0.25) is 0 Å². The number of Topliss-reactive ketones (excluding diaryl/α,β-unsaturated/α-hetero) is 1. The summed E-state index contributed by atoms with van der Waals surface area (Å²) in [6.45, 7) is 7.24. The normalized spacial score (nSPS) is 12.0. The van der Waals surface area contributed by atoms with Crippen molar-refractivity contribution in [1.82, 2.24) is 4.90 Å². The smallest absolute Gasteiger partial charge is 0.407 e. The molecule has 1 aromatic rings. The predicted octanol–water partition coefficient (Wildman–Crippen LogP) is 3.61. The minimum Gasteiger partial charge on any atom is -0.465 e. The number of carboxylic acid groups (broad SMARTS) is 1. The summed E-state index contributed by atoms with van der Waals surface area (Å²) in [4.78, 5) is 25.0. The number of sulfone groups is 1. The Morgan fingerprint density at radius 2 is 1.84 bits per heavy atom. The maximum absolute atomic E-state index is 12.4. The van der Waals surface area contributed by atoms with Gasteiger partial charge in [-0.1, -0.05) is 25.5 Å². The number of unbranched alkanes of at least 4 members (excludes halogenated alkanes) is 1. The second kappa shape index (κ2) is 8.47. The van der Waals surface area contributed by atoms with Gasteiger partial charge in [0.2, 0.25) is 0 Å². The topological polar surface area (TPSA) is 91.8 Å². The van der Waals surface area contributed by atoms with Crippen LogP contribution in [0.4, 0.5) is 4.79 Å². The van der Waals surface area contributed by atoms with E-state index in [4.69, 9.17) is 0 Å². The zero-order chi connectivity index (χ0) is 19.3. The van der Waals surface area contributed by atoms with Crippen LogP contribution in [0, 0.1) is 0 Å². The molecule has 0 aliphatic carbocycles. The number of ketones is 1. The number of carbonyl (C=O) groups is 2. The first-order valence-corrected chi connectivity index (χ1v) is 10.0. The highest BCUT2D eigenvalue weighted by Gasteiger charge is 2.26. The lowest BCUT2D eigenvalue weighted by Gasteiger charge is -2.32. The summed E-state index contributed by atoms with van der Waals surface area (Å²) in [5.41, 5.74) is -0.325. The summed E-state index contributed by atoms with van der Waals surface area (Å²) in [6, 6.07) is 5.98. The molecule has 0 radical (unpaired) electrons. The molecule has 1 aromatic carbocycles. The van der Waals surface area contributed by atoms with Crippen molar-refractivity contribution in [2.45, 2.75) is 57.4 Å². The summed E-state index contributed by atoms with van der Waals surface area (Å²) < 4.78 is 24.5. The van der Waals surface area contributed by atoms with Gasteiger partial charge in [0.05, 0.1) is 10.6 Å². The van der Waals surface area contributed by atoms with E-state index in [9.17, 15) is 23.1 Å². The summed E-state index contributed by atoms with van der Waals surface area (Å²) in [6.07, 6.45) is 0.258. The van der Waals surface area contributed by atoms with Crippen LogP contribution < -0.4 is 0 Å². The molecular weight excluding hydrogens is 342 g/mol. The largest absolute Gasteiger partial charge is 0.465 e. The number of hydrogen-bond donors (Lipinski definition) is 1. The molecule has 140 valence electrons. The first kappa shape index (κ1) is 21.2. The van der Waals surface area contributed by atoms with Gasteiger partial charge in [0, 0.05) is 24.1 Å². The van der Waals surface area contributed by atoms with E-state index in [1.165, 1.54) is 17.0 Å². The summed E-state index contributed by atoms with van der Waals surface area (Å²) in [7, 11) is -3.40. The summed E-state index contributed by atoms with van der Waals surface area (Å²) in [5, 5.41) is 9.26. The maximum Gasteiger partial charge on any atom is 0.407 e. The number of nitrogens with zero attached hydrogens (tertiary/aromatic N) is 1. The molecular formula is C18H27NO5S. The molecule has 0 aliphatic heterocycles. The lowest BCUT2D eigenvalue weighted by molar-refractivity contribution is 0.0871. The second-order valence-electron chi connectivity index (χ2n) is 6.98. The molecule has 6 nitrogen and oxygen atoms in total. The van der Waals surface area contributed by atoms with Gasteiger partial charge in [0.1, 0.15) is 0 Å². The fourth-order valence-corrected chi connectivity index (χ4v) is 3.89. The fraction of sp³-hybridized carbons (Fsp3) is 0.556. The molecule has 0 aliphatic rings. The van der Waals surface area contributed by atoms with Crippen molar-refractivity contribution in [3.8, 4) is 0 Å². The minimum atomic E-state index is -3.40. The van der Waals surface area contributed by atoms with E-state index in [0.29, 0.717) is 6.42 Å². The Bertz CT molecular complexity index is 719. The van der Waals surface area contributed by atoms with E-state index >= 15 is 0 Å². The van der Waals surface area contributed by atoms with Gasteiger partial charge in [-0.2, -0.15) is 0 Å². The van der Waals surface area contributed by atoms with E-state index in [0.717, 1.165) is 6.42 Å². The molecule has 0 aromatic heterocycles. The molecule has 0 unspecified atom stereocenters. The van der Waals surface area contributed by atoms with Gasteiger partial charge < -0.3 is 10.0 Å². The Morgan fingerprint density at radius 1 is 1.20 bits per heavy atom. The molecule has 1 N–H and O–H groups in total. The molecule has 25 heavy (non-hydrogen) atoms. The summed E-state index contributed by atoms with van der Waals surface area (Å²) >= 11 is 0. The van der Waals surface area contributed by atoms with Crippen molar-refractivity contribution in [3.63, 3.8) is 0 Å². The lowest BCUT2D eigenvalue weighted by atomic mass is 10.0. The van der Waals surface area contributed by atoms with Gasteiger partial charge in [0.25, 0.3) is 0 Å². The lowest BCUT2D eigenvalue weighted by Crippen LogP contribution is -2.45. The third kappa shape index (κ3) is 6.16. The van der Waals surface area contributed by atoms with Crippen LogP contribution in [0.25, 0.3) is 0 Å². The molecule has 0 spiro atoms. The van der Waals surface area contributed by atoms with Crippen molar-refractivity contribution < 1.29 is 23.1 Å². The monoisotopic (exact) mass is 369 g/mol. The van der Waals surface area contributed by atoms with E-state index < -0.39 is 21.5 Å². The van der Waals surface area contributed by atoms with Crippen LogP contribution in [0.3, 0.4) is 0 Å². The van der Waals surface area contributed by atoms with Gasteiger partial charge in [-0.05, 0) is 39.3 Å².